The van der Waals surface area contributed by atoms with Gasteiger partial charge in [-0.05, 0) is 12.0 Å². The Bertz CT molecular complexity index is 437. The van der Waals surface area contributed by atoms with Crippen molar-refractivity contribution in [1.82, 2.24) is 0 Å². The summed E-state index contributed by atoms with van der Waals surface area (Å²) in [5.74, 6) is -0.577. The third-order valence-electron chi connectivity index (χ3n) is 3.52. The Hall–Kier alpha value is -1.44. The molecule has 0 aliphatic heterocycles. The van der Waals surface area contributed by atoms with Gasteiger partial charge < -0.3 is 0 Å². The number of benzene rings is 1. The number of allylic oxidation sites excluding steroid dienone is 2. The zero-order chi connectivity index (χ0) is 10.5. The van der Waals surface area contributed by atoms with Gasteiger partial charge in [0.05, 0.1) is 0 Å². The quantitative estimate of drug-likeness (QED) is 0.640. The fourth-order valence-electron chi connectivity index (χ4n) is 2.69. The molecule has 3 unspecified atom stereocenters. The first-order valence-electron chi connectivity index (χ1n) is 5.20. The molecule has 2 aliphatic rings. The zero-order valence-electron chi connectivity index (χ0n) is 8.19. The molecule has 0 aromatic heterocycles. The van der Waals surface area contributed by atoms with Crippen LogP contribution >= 0.6 is 0 Å². The van der Waals surface area contributed by atoms with Crippen LogP contribution < -0.4 is 0 Å². The van der Waals surface area contributed by atoms with Crippen LogP contribution in [-0.4, -0.2) is 5.78 Å². The molecule has 1 aromatic rings. The summed E-state index contributed by atoms with van der Waals surface area (Å²) in [6.07, 6.45) is 4.47. The van der Waals surface area contributed by atoms with Gasteiger partial charge in [0.15, 0.2) is 5.78 Å². The molecule has 3 atom stereocenters. The first kappa shape index (κ1) is 8.84. The van der Waals surface area contributed by atoms with E-state index in [9.17, 15) is 9.18 Å². The summed E-state index contributed by atoms with van der Waals surface area (Å²) in [6, 6.07) is 8.77. The first-order chi connectivity index (χ1) is 7.24. The number of hydrogen-bond acceptors (Lipinski definition) is 1. The van der Waals surface area contributed by atoms with Gasteiger partial charge in [-0.15, -0.1) is 0 Å². The minimum atomic E-state index is -1.75. The van der Waals surface area contributed by atoms with Crippen molar-refractivity contribution in [3.63, 3.8) is 0 Å². The summed E-state index contributed by atoms with van der Waals surface area (Å²) in [6.45, 7) is 0. The van der Waals surface area contributed by atoms with Crippen molar-refractivity contribution in [1.29, 1.82) is 0 Å². The molecule has 0 amide bonds. The van der Waals surface area contributed by atoms with Crippen LogP contribution in [0.2, 0.25) is 0 Å². The summed E-state index contributed by atoms with van der Waals surface area (Å²) < 4.78 is 14.6. The Morgan fingerprint density at radius 2 is 2.00 bits per heavy atom. The van der Waals surface area contributed by atoms with Crippen LogP contribution in [0.25, 0.3) is 0 Å². The summed E-state index contributed by atoms with van der Waals surface area (Å²) >= 11 is 0. The molecule has 2 heteroatoms. The normalized spacial score (nSPS) is 37.5. The van der Waals surface area contributed by atoms with Crippen molar-refractivity contribution in [3.05, 3.63) is 48.0 Å². The van der Waals surface area contributed by atoms with Crippen LogP contribution in [0, 0.1) is 11.8 Å². The van der Waals surface area contributed by atoms with E-state index in [2.05, 4.69) is 0 Å². The van der Waals surface area contributed by atoms with Crippen molar-refractivity contribution < 1.29 is 9.18 Å². The molecule has 2 aliphatic carbocycles. The Morgan fingerprint density at radius 3 is 2.73 bits per heavy atom. The fourth-order valence-corrected chi connectivity index (χ4v) is 2.69. The van der Waals surface area contributed by atoms with Crippen molar-refractivity contribution in [2.24, 2.45) is 11.8 Å². The van der Waals surface area contributed by atoms with Crippen LogP contribution in [0.1, 0.15) is 12.0 Å². The predicted octanol–water partition coefficient (Wildman–Crippen LogP) is 2.63. The molecular weight excluding hydrogens is 191 g/mol. The summed E-state index contributed by atoms with van der Waals surface area (Å²) in [5, 5.41) is 0. The van der Waals surface area contributed by atoms with Crippen LogP contribution in [0.15, 0.2) is 42.5 Å². The molecule has 1 fully saturated rings. The lowest BCUT2D eigenvalue weighted by Crippen LogP contribution is -2.55. The molecule has 1 nitrogen and oxygen atoms in total. The minimum absolute atomic E-state index is 0.102. The Balaban J connectivity index is 2.05. The monoisotopic (exact) mass is 202 g/mol. The number of ketones is 1. The largest absolute Gasteiger partial charge is 0.295 e. The highest BCUT2D eigenvalue weighted by atomic mass is 19.1. The Kier molecular flexibility index (Phi) is 1.64. The molecule has 0 heterocycles. The molecule has 1 aromatic carbocycles. The van der Waals surface area contributed by atoms with Gasteiger partial charge in [-0.25, -0.2) is 4.39 Å². The van der Waals surface area contributed by atoms with Crippen molar-refractivity contribution in [3.8, 4) is 0 Å². The molecule has 0 saturated heterocycles. The van der Waals surface area contributed by atoms with Gasteiger partial charge >= 0.3 is 0 Å². The van der Waals surface area contributed by atoms with Gasteiger partial charge in [0.1, 0.15) is 0 Å². The first-order valence-corrected chi connectivity index (χ1v) is 5.20. The van der Waals surface area contributed by atoms with Crippen molar-refractivity contribution in [2.45, 2.75) is 12.1 Å². The highest BCUT2D eigenvalue weighted by Crippen LogP contribution is 2.55. The topological polar surface area (TPSA) is 17.1 Å². The smallest absolute Gasteiger partial charge is 0.200 e. The maximum Gasteiger partial charge on any atom is 0.200 e. The number of alkyl halides is 1. The Labute approximate surface area is 87.6 Å². The lowest BCUT2D eigenvalue weighted by atomic mass is 9.60. The third-order valence-corrected chi connectivity index (χ3v) is 3.52. The van der Waals surface area contributed by atoms with E-state index in [0.29, 0.717) is 12.0 Å². The molecule has 15 heavy (non-hydrogen) atoms. The maximum absolute atomic E-state index is 14.6. The number of rotatable bonds is 1. The second kappa shape index (κ2) is 2.78. The number of Topliss-reactive ketones (excluding diaryl/α,β-unsaturated/α-hetero) is 1. The average molecular weight is 202 g/mol. The van der Waals surface area contributed by atoms with Crippen LogP contribution in [0.4, 0.5) is 4.39 Å². The van der Waals surface area contributed by atoms with Gasteiger partial charge in [-0.1, -0.05) is 42.5 Å². The molecule has 3 rings (SSSR count). The molecule has 0 radical (unpaired) electrons. The fraction of sp³-hybridized carbons (Fsp3) is 0.308. The lowest BCUT2D eigenvalue weighted by molar-refractivity contribution is -0.156. The SMILES string of the molecule is O=C1C2CC=CC2C1(F)c1ccccc1. The molecule has 76 valence electrons. The molecule has 0 N–H and O–H groups in total. The maximum atomic E-state index is 14.6. The van der Waals surface area contributed by atoms with Gasteiger partial charge in [0.25, 0.3) is 0 Å². The molecule has 0 spiro atoms. The van der Waals surface area contributed by atoms with E-state index in [1.54, 1.807) is 24.3 Å². The number of carbonyl (C=O) groups is 1. The highest BCUT2D eigenvalue weighted by molar-refractivity contribution is 5.98. The molecule has 0 bridgehead atoms. The highest BCUT2D eigenvalue weighted by Gasteiger charge is 2.63. The van der Waals surface area contributed by atoms with E-state index in [1.807, 2.05) is 18.2 Å². The van der Waals surface area contributed by atoms with E-state index in [-0.39, 0.29) is 17.6 Å². The summed E-state index contributed by atoms with van der Waals surface area (Å²) in [5.41, 5.74) is -1.25. The van der Waals surface area contributed by atoms with E-state index >= 15 is 0 Å². The van der Waals surface area contributed by atoms with Crippen LogP contribution in [0.5, 0.6) is 0 Å². The number of fused-ring (bicyclic) bond motifs is 1. The van der Waals surface area contributed by atoms with Crippen LogP contribution in [-0.2, 0) is 10.5 Å². The summed E-state index contributed by atoms with van der Waals surface area (Å²) in [4.78, 5) is 11.8. The van der Waals surface area contributed by atoms with Gasteiger partial charge in [0.2, 0.25) is 5.67 Å². The van der Waals surface area contributed by atoms with Crippen molar-refractivity contribution >= 4 is 5.78 Å². The second-order valence-corrected chi connectivity index (χ2v) is 4.24. The number of carbonyl (C=O) groups excluding carboxylic acids is 1. The van der Waals surface area contributed by atoms with Gasteiger partial charge in [-0.2, -0.15) is 0 Å². The number of halogens is 1. The van der Waals surface area contributed by atoms with E-state index in [0.717, 1.165) is 0 Å². The van der Waals surface area contributed by atoms with Gasteiger partial charge in [-0.3, -0.25) is 4.79 Å². The van der Waals surface area contributed by atoms with E-state index in [4.69, 9.17) is 0 Å². The minimum Gasteiger partial charge on any atom is -0.295 e. The standard InChI is InChI=1S/C13H11FO/c14-13(9-5-2-1-3-6-9)11-8-4-7-10(11)12(13)15/h1-6,8,10-11H,7H2. The van der Waals surface area contributed by atoms with Crippen molar-refractivity contribution in [2.75, 3.05) is 0 Å². The van der Waals surface area contributed by atoms with E-state index < -0.39 is 5.67 Å². The lowest BCUT2D eigenvalue weighted by Gasteiger charge is -2.44. The zero-order valence-corrected chi connectivity index (χ0v) is 8.19. The van der Waals surface area contributed by atoms with Crippen LogP contribution in [0.3, 0.4) is 0 Å². The molecular formula is C13H11FO. The van der Waals surface area contributed by atoms with Gasteiger partial charge in [0, 0.05) is 11.8 Å². The molecule has 1 saturated carbocycles. The third kappa shape index (κ3) is 0.942. The summed E-state index contributed by atoms with van der Waals surface area (Å²) in [7, 11) is 0. The number of hydrogen-bond donors (Lipinski definition) is 0. The second-order valence-electron chi connectivity index (χ2n) is 4.24. The Morgan fingerprint density at radius 1 is 1.27 bits per heavy atom. The average Bonchev–Trinajstić information content (AvgIpc) is 2.75. The van der Waals surface area contributed by atoms with E-state index in [1.165, 1.54) is 0 Å². The predicted molar refractivity (Wildman–Crippen MR) is 55.0 cm³/mol.